The Morgan fingerprint density at radius 2 is 1.84 bits per heavy atom. The Labute approximate surface area is 187 Å². The number of benzene rings is 1. The van der Waals surface area contributed by atoms with Crippen LogP contribution in [0, 0.1) is 6.92 Å². The number of nitrogens with two attached hydrogens (primary N) is 1. The van der Waals surface area contributed by atoms with Gasteiger partial charge in [0.05, 0.1) is 11.1 Å². The second kappa shape index (κ2) is 8.86. The number of nitrogens with one attached hydrogen (secondary N) is 1. The van der Waals surface area contributed by atoms with E-state index in [2.05, 4.69) is 35.1 Å². The van der Waals surface area contributed by atoms with Gasteiger partial charge < -0.3 is 20.9 Å². The van der Waals surface area contributed by atoms with E-state index in [1.165, 1.54) is 16.5 Å². The number of aromatic nitrogens is 1. The molecular weight excluding hydrogens is 408 g/mol. The first-order valence-corrected chi connectivity index (χ1v) is 10.9. The van der Waals surface area contributed by atoms with E-state index < -0.39 is 5.91 Å². The van der Waals surface area contributed by atoms with Crippen LogP contribution in [0.5, 0.6) is 0 Å². The number of primary amides is 1. The van der Waals surface area contributed by atoms with E-state index in [-0.39, 0.29) is 23.1 Å². The molecular formula is C23H28N6O3. The van der Waals surface area contributed by atoms with Crippen molar-refractivity contribution in [1.82, 2.24) is 15.2 Å². The maximum absolute atomic E-state index is 13.2. The molecule has 1 aromatic carbocycles. The third kappa shape index (κ3) is 4.10. The minimum atomic E-state index is -0.690. The summed E-state index contributed by atoms with van der Waals surface area (Å²) < 4.78 is 0. The van der Waals surface area contributed by atoms with Crippen LogP contribution in [0.4, 0.5) is 16.3 Å². The largest absolute Gasteiger partial charge is 0.366 e. The molecule has 0 unspecified atom stereocenters. The quantitative estimate of drug-likeness (QED) is 0.739. The average molecular weight is 437 g/mol. The van der Waals surface area contributed by atoms with E-state index in [4.69, 9.17) is 5.73 Å². The molecule has 3 heterocycles. The van der Waals surface area contributed by atoms with Crippen molar-refractivity contribution in [2.75, 3.05) is 49.1 Å². The lowest BCUT2D eigenvalue weighted by atomic mass is 10.0. The summed E-state index contributed by atoms with van der Waals surface area (Å²) in [5.74, 6) is 0.0199. The second-order valence-electron chi connectivity index (χ2n) is 8.09. The van der Waals surface area contributed by atoms with Gasteiger partial charge in [-0.25, -0.2) is 9.78 Å². The van der Waals surface area contributed by atoms with Crippen LogP contribution in [0.2, 0.25) is 0 Å². The summed E-state index contributed by atoms with van der Waals surface area (Å²) in [7, 11) is 0. The molecule has 9 heteroatoms. The first-order valence-electron chi connectivity index (χ1n) is 10.9. The molecule has 2 aromatic rings. The fraction of sp³-hybridized carbons (Fsp3) is 0.391. The molecule has 0 bridgehead atoms. The van der Waals surface area contributed by atoms with Crippen molar-refractivity contribution in [3.63, 3.8) is 0 Å². The molecule has 4 rings (SSSR count). The Balaban J connectivity index is 1.49. The molecule has 0 spiro atoms. The van der Waals surface area contributed by atoms with Gasteiger partial charge in [-0.05, 0) is 42.7 Å². The van der Waals surface area contributed by atoms with E-state index in [0.29, 0.717) is 45.0 Å². The summed E-state index contributed by atoms with van der Waals surface area (Å²) in [6, 6.07) is 6.72. The number of urea groups is 1. The molecule has 1 aromatic heterocycles. The Morgan fingerprint density at radius 3 is 2.44 bits per heavy atom. The molecule has 2 aliphatic rings. The van der Waals surface area contributed by atoms with Crippen molar-refractivity contribution < 1.29 is 14.4 Å². The average Bonchev–Trinajstić information content (AvgIpc) is 3.24. The van der Waals surface area contributed by atoms with Gasteiger partial charge in [0.15, 0.2) is 0 Å². The minimum absolute atomic E-state index is 0.127. The van der Waals surface area contributed by atoms with E-state index in [9.17, 15) is 14.4 Å². The number of hydrogen-bond donors (Lipinski definition) is 2. The van der Waals surface area contributed by atoms with E-state index >= 15 is 0 Å². The van der Waals surface area contributed by atoms with Gasteiger partial charge in [-0.1, -0.05) is 13.0 Å². The Hall–Kier alpha value is -3.62. The highest BCUT2D eigenvalue weighted by Crippen LogP contribution is 2.24. The van der Waals surface area contributed by atoms with Gasteiger partial charge in [-0.3, -0.25) is 14.5 Å². The lowest BCUT2D eigenvalue weighted by Gasteiger charge is -2.36. The first-order chi connectivity index (χ1) is 15.4. The molecule has 2 saturated heterocycles. The maximum atomic E-state index is 13.2. The zero-order valence-corrected chi connectivity index (χ0v) is 18.4. The fourth-order valence-electron chi connectivity index (χ4n) is 4.25. The van der Waals surface area contributed by atoms with Crippen molar-refractivity contribution >= 4 is 29.4 Å². The molecule has 2 fully saturated rings. The SMILES string of the molecule is CCc1cnc(N2CCN(C(=O)c3ccc(N4CCNC4=O)cc3C(N)=O)CC2)c(C)c1. The molecule has 0 radical (unpaired) electrons. The highest BCUT2D eigenvalue weighted by molar-refractivity contribution is 6.08. The number of hydrogen-bond acceptors (Lipinski definition) is 5. The van der Waals surface area contributed by atoms with Crippen LogP contribution in [0.25, 0.3) is 0 Å². The Bertz CT molecular complexity index is 1060. The van der Waals surface area contributed by atoms with Crippen molar-refractivity contribution in [3.8, 4) is 0 Å². The normalized spacial score (nSPS) is 16.3. The van der Waals surface area contributed by atoms with Gasteiger partial charge in [0.2, 0.25) is 5.91 Å². The van der Waals surface area contributed by atoms with Crippen molar-refractivity contribution in [3.05, 3.63) is 52.7 Å². The number of amides is 4. The first kappa shape index (κ1) is 21.6. The number of pyridine rings is 1. The summed E-state index contributed by atoms with van der Waals surface area (Å²) in [4.78, 5) is 47.3. The standard InChI is InChI=1S/C23H28N6O3/c1-3-16-12-15(2)21(26-14-16)27-8-10-28(11-9-27)22(31)18-5-4-17(13-19(18)20(24)30)29-7-6-25-23(29)32/h4-5,12-14H,3,6-11H2,1-2H3,(H2,24,30)(H,25,32). The van der Waals surface area contributed by atoms with Crippen LogP contribution in [0.1, 0.15) is 38.8 Å². The molecule has 32 heavy (non-hydrogen) atoms. The molecule has 2 aliphatic heterocycles. The Kier molecular flexibility index (Phi) is 5.98. The van der Waals surface area contributed by atoms with Gasteiger partial charge in [-0.15, -0.1) is 0 Å². The van der Waals surface area contributed by atoms with E-state index in [1.54, 1.807) is 17.0 Å². The smallest absolute Gasteiger partial charge is 0.321 e. The Morgan fingerprint density at radius 1 is 1.09 bits per heavy atom. The highest BCUT2D eigenvalue weighted by atomic mass is 16.2. The zero-order chi connectivity index (χ0) is 22.8. The summed E-state index contributed by atoms with van der Waals surface area (Å²) in [5.41, 5.74) is 8.84. The lowest BCUT2D eigenvalue weighted by molar-refractivity contribution is 0.0741. The van der Waals surface area contributed by atoms with E-state index in [1.807, 2.05) is 6.20 Å². The maximum Gasteiger partial charge on any atom is 0.321 e. The van der Waals surface area contributed by atoms with Crippen molar-refractivity contribution in [2.24, 2.45) is 5.73 Å². The zero-order valence-electron chi connectivity index (χ0n) is 18.4. The summed E-state index contributed by atoms with van der Waals surface area (Å²) >= 11 is 0. The van der Waals surface area contributed by atoms with Gasteiger partial charge in [0.25, 0.3) is 5.91 Å². The predicted octanol–water partition coefficient (Wildman–Crippen LogP) is 1.54. The third-order valence-corrected chi connectivity index (χ3v) is 6.05. The van der Waals surface area contributed by atoms with Gasteiger partial charge >= 0.3 is 6.03 Å². The van der Waals surface area contributed by atoms with E-state index in [0.717, 1.165) is 17.8 Å². The highest BCUT2D eigenvalue weighted by Gasteiger charge is 2.28. The van der Waals surface area contributed by atoms with Crippen molar-refractivity contribution in [1.29, 1.82) is 0 Å². The fourth-order valence-corrected chi connectivity index (χ4v) is 4.25. The number of nitrogens with zero attached hydrogens (tertiary/aromatic N) is 4. The number of carbonyl (C=O) groups excluding carboxylic acids is 3. The number of carbonyl (C=O) groups is 3. The van der Waals surface area contributed by atoms with Crippen LogP contribution < -0.4 is 20.9 Å². The van der Waals surface area contributed by atoms with Crippen molar-refractivity contribution in [2.45, 2.75) is 20.3 Å². The number of piperazine rings is 1. The van der Waals surface area contributed by atoms with Crippen LogP contribution >= 0.6 is 0 Å². The number of rotatable bonds is 5. The third-order valence-electron chi connectivity index (χ3n) is 6.05. The minimum Gasteiger partial charge on any atom is -0.366 e. The van der Waals surface area contributed by atoms with Gasteiger partial charge in [-0.2, -0.15) is 0 Å². The number of aryl methyl sites for hydroxylation is 2. The molecule has 0 atom stereocenters. The monoisotopic (exact) mass is 436 g/mol. The lowest BCUT2D eigenvalue weighted by Crippen LogP contribution is -2.49. The molecule has 0 aliphatic carbocycles. The van der Waals surface area contributed by atoms with Gasteiger partial charge in [0, 0.05) is 51.2 Å². The second-order valence-corrected chi connectivity index (χ2v) is 8.09. The summed E-state index contributed by atoms with van der Waals surface area (Å²) in [5, 5.41) is 2.72. The molecule has 168 valence electrons. The molecule has 0 saturated carbocycles. The predicted molar refractivity (Wildman–Crippen MR) is 122 cm³/mol. The molecule has 3 N–H and O–H groups in total. The molecule has 4 amide bonds. The van der Waals surface area contributed by atoms with Crippen LogP contribution in [-0.4, -0.2) is 67.0 Å². The van der Waals surface area contributed by atoms with Gasteiger partial charge in [0.1, 0.15) is 5.82 Å². The summed E-state index contributed by atoms with van der Waals surface area (Å²) in [6.07, 6.45) is 2.85. The topological polar surface area (TPSA) is 112 Å². The summed E-state index contributed by atoms with van der Waals surface area (Å²) in [6.45, 7) is 7.54. The van der Waals surface area contributed by atoms with Crippen LogP contribution in [-0.2, 0) is 6.42 Å². The van der Waals surface area contributed by atoms with Crippen LogP contribution in [0.15, 0.2) is 30.5 Å². The molecule has 9 nitrogen and oxygen atoms in total. The number of anilines is 2. The van der Waals surface area contributed by atoms with Crippen LogP contribution in [0.3, 0.4) is 0 Å².